The van der Waals surface area contributed by atoms with Crippen LogP contribution in [0.25, 0.3) is 0 Å². The molecule has 0 aliphatic carbocycles. The van der Waals surface area contributed by atoms with Gasteiger partial charge in [-0.1, -0.05) is 13.0 Å². The van der Waals surface area contributed by atoms with Crippen LogP contribution in [0.3, 0.4) is 0 Å². The van der Waals surface area contributed by atoms with E-state index < -0.39 is 6.61 Å². The Hall–Kier alpha value is -1.50. The Morgan fingerprint density at radius 3 is 2.77 bits per heavy atom. The number of hydrogen-bond donors (Lipinski definition) is 1. The number of hydrogen-bond acceptors (Lipinski definition) is 4. The van der Waals surface area contributed by atoms with Crippen LogP contribution in [0.5, 0.6) is 11.5 Å². The molecule has 0 aliphatic heterocycles. The quantitative estimate of drug-likeness (QED) is 0.669. The van der Waals surface area contributed by atoms with Gasteiger partial charge >= 0.3 is 6.61 Å². The lowest BCUT2D eigenvalue weighted by atomic mass is 10.1. The van der Waals surface area contributed by atoms with Crippen LogP contribution in [-0.4, -0.2) is 37.7 Å². The molecule has 0 unspecified atom stereocenters. The summed E-state index contributed by atoms with van der Waals surface area (Å²) < 4.78 is 34.1. The Kier molecular flexibility index (Phi) is 8.65. The van der Waals surface area contributed by atoms with Crippen molar-refractivity contribution in [3.63, 3.8) is 0 Å². The summed E-state index contributed by atoms with van der Waals surface area (Å²) in [4.78, 5) is 11.5. The second-order valence-electron chi connectivity index (χ2n) is 4.52. The molecule has 22 heavy (non-hydrogen) atoms. The number of halogens is 2. The third-order valence-electron chi connectivity index (χ3n) is 2.76. The number of ether oxygens (including phenoxy) is 2. The number of methoxy groups -OCH3 is 1. The van der Waals surface area contributed by atoms with Gasteiger partial charge in [0.2, 0.25) is 5.91 Å². The van der Waals surface area contributed by atoms with Crippen molar-refractivity contribution >= 4 is 17.7 Å². The van der Waals surface area contributed by atoms with Gasteiger partial charge in [-0.15, -0.1) is 0 Å². The first-order valence-electron chi connectivity index (χ1n) is 7.03. The van der Waals surface area contributed by atoms with Gasteiger partial charge in [0.1, 0.15) is 0 Å². The van der Waals surface area contributed by atoms with Gasteiger partial charge in [0.25, 0.3) is 0 Å². The Morgan fingerprint density at radius 1 is 1.36 bits per heavy atom. The number of amides is 1. The molecule has 1 amide bonds. The lowest BCUT2D eigenvalue weighted by molar-refractivity contribution is -0.118. The molecule has 0 aromatic heterocycles. The van der Waals surface area contributed by atoms with Crippen LogP contribution >= 0.6 is 11.8 Å². The lowest BCUT2D eigenvalue weighted by Crippen LogP contribution is -2.27. The Labute approximate surface area is 133 Å². The average Bonchev–Trinajstić information content (AvgIpc) is 2.47. The Balaban J connectivity index is 2.47. The molecule has 1 aromatic carbocycles. The van der Waals surface area contributed by atoms with Crippen LogP contribution in [0.1, 0.15) is 18.9 Å². The zero-order chi connectivity index (χ0) is 16.4. The standard InChI is InChI=1S/C15H21F2NO3S/c1-3-8-22-10-14(19)18-7-6-11-4-5-12(20-2)13(9-11)21-15(16)17/h4-5,9,15H,3,6-8,10H2,1-2H3,(H,18,19). The van der Waals surface area contributed by atoms with E-state index in [0.717, 1.165) is 17.7 Å². The van der Waals surface area contributed by atoms with Crippen molar-refractivity contribution < 1.29 is 23.0 Å². The Bertz CT molecular complexity index is 472. The molecular weight excluding hydrogens is 312 g/mol. The predicted molar refractivity (Wildman–Crippen MR) is 84.0 cm³/mol. The van der Waals surface area contributed by atoms with E-state index in [-0.39, 0.29) is 17.4 Å². The number of carbonyl (C=O) groups is 1. The minimum absolute atomic E-state index is 0.000159. The number of nitrogens with one attached hydrogen (secondary N) is 1. The van der Waals surface area contributed by atoms with Crippen molar-refractivity contribution in [2.45, 2.75) is 26.4 Å². The number of benzene rings is 1. The van der Waals surface area contributed by atoms with Gasteiger partial charge in [-0.05, 0) is 36.3 Å². The highest BCUT2D eigenvalue weighted by Crippen LogP contribution is 2.29. The average molecular weight is 333 g/mol. The molecule has 0 saturated carbocycles. The first kappa shape index (κ1) is 18.5. The molecule has 1 N–H and O–H groups in total. The van der Waals surface area contributed by atoms with E-state index in [0.29, 0.717) is 18.7 Å². The summed E-state index contributed by atoms with van der Waals surface area (Å²) in [5, 5.41) is 2.80. The molecule has 124 valence electrons. The van der Waals surface area contributed by atoms with Gasteiger partial charge in [-0.25, -0.2) is 0 Å². The molecule has 0 radical (unpaired) electrons. The van der Waals surface area contributed by atoms with Crippen molar-refractivity contribution in [2.24, 2.45) is 0 Å². The SMILES string of the molecule is CCCSCC(=O)NCCc1ccc(OC)c(OC(F)F)c1. The summed E-state index contributed by atoms with van der Waals surface area (Å²) in [6.45, 7) is -0.390. The zero-order valence-electron chi connectivity index (χ0n) is 12.7. The van der Waals surface area contributed by atoms with Gasteiger partial charge in [0.05, 0.1) is 12.9 Å². The van der Waals surface area contributed by atoms with Crippen LogP contribution in [0.2, 0.25) is 0 Å². The highest BCUT2D eigenvalue weighted by Gasteiger charge is 2.11. The monoisotopic (exact) mass is 333 g/mol. The first-order chi connectivity index (χ1) is 10.6. The molecule has 0 atom stereocenters. The van der Waals surface area contributed by atoms with Gasteiger partial charge in [0, 0.05) is 6.54 Å². The number of carbonyl (C=O) groups excluding carboxylic acids is 1. The summed E-state index contributed by atoms with van der Waals surface area (Å²) in [5.41, 5.74) is 0.790. The van der Waals surface area contributed by atoms with E-state index in [1.54, 1.807) is 23.9 Å². The summed E-state index contributed by atoms with van der Waals surface area (Å²) >= 11 is 1.59. The van der Waals surface area contributed by atoms with Crippen molar-refractivity contribution in [3.8, 4) is 11.5 Å². The summed E-state index contributed by atoms with van der Waals surface area (Å²) in [5.74, 6) is 1.64. The lowest BCUT2D eigenvalue weighted by Gasteiger charge is -2.12. The molecule has 0 heterocycles. The second kappa shape index (κ2) is 10.3. The largest absolute Gasteiger partial charge is 0.493 e. The van der Waals surface area contributed by atoms with Crippen molar-refractivity contribution in [2.75, 3.05) is 25.2 Å². The fourth-order valence-corrected chi connectivity index (χ4v) is 2.49. The number of thioether (sulfide) groups is 1. The molecule has 0 fully saturated rings. The van der Waals surface area contributed by atoms with Gasteiger partial charge < -0.3 is 14.8 Å². The highest BCUT2D eigenvalue weighted by atomic mass is 32.2. The number of alkyl halides is 2. The van der Waals surface area contributed by atoms with E-state index in [4.69, 9.17) is 4.74 Å². The maximum atomic E-state index is 12.3. The minimum Gasteiger partial charge on any atom is -0.493 e. The maximum absolute atomic E-state index is 12.3. The van der Waals surface area contributed by atoms with Gasteiger partial charge in [-0.3, -0.25) is 4.79 Å². The molecule has 1 rings (SSSR count). The molecule has 7 heteroatoms. The highest BCUT2D eigenvalue weighted by molar-refractivity contribution is 7.99. The van der Waals surface area contributed by atoms with Gasteiger partial charge in [0.15, 0.2) is 11.5 Å². The molecule has 0 spiro atoms. The smallest absolute Gasteiger partial charge is 0.387 e. The Morgan fingerprint density at radius 2 is 2.14 bits per heavy atom. The van der Waals surface area contributed by atoms with E-state index in [2.05, 4.69) is 17.0 Å². The summed E-state index contributed by atoms with van der Waals surface area (Å²) in [7, 11) is 1.39. The topological polar surface area (TPSA) is 47.6 Å². The molecule has 0 saturated heterocycles. The molecule has 0 bridgehead atoms. The first-order valence-corrected chi connectivity index (χ1v) is 8.18. The molecule has 0 aliphatic rings. The van der Waals surface area contributed by atoms with E-state index in [1.807, 2.05) is 0 Å². The van der Waals surface area contributed by atoms with Crippen molar-refractivity contribution in [1.82, 2.24) is 5.32 Å². The van der Waals surface area contributed by atoms with Crippen LogP contribution < -0.4 is 14.8 Å². The van der Waals surface area contributed by atoms with Crippen LogP contribution in [0.15, 0.2) is 18.2 Å². The fourth-order valence-electron chi connectivity index (χ4n) is 1.77. The van der Waals surface area contributed by atoms with Crippen molar-refractivity contribution in [3.05, 3.63) is 23.8 Å². The third-order valence-corrected chi connectivity index (χ3v) is 3.92. The normalized spacial score (nSPS) is 10.6. The molecule has 1 aromatic rings. The van der Waals surface area contributed by atoms with E-state index >= 15 is 0 Å². The number of rotatable bonds is 10. The van der Waals surface area contributed by atoms with Crippen LogP contribution in [-0.2, 0) is 11.2 Å². The fraction of sp³-hybridized carbons (Fsp3) is 0.533. The maximum Gasteiger partial charge on any atom is 0.387 e. The second-order valence-corrected chi connectivity index (χ2v) is 5.62. The molecular formula is C15H21F2NO3S. The predicted octanol–water partition coefficient (Wildman–Crippen LogP) is 3.10. The van der Waals surface area contributed by atoms with Gasteiger partial charge in [-0.2, -0.15) is 20.5 Å². The van der Waals surface area contributed by atoms with E-state index in [1.165, 1.54) is 13.2 Å². The van der Waals surface area contributed by atoms with Crippen LogP contribution in [0, 0.1) is 0 Å². The van der Waals surface area contributed by atoms with Crippen LogP contribution in [0.4, 0.5) is 8.78 Å². The zero-order valence-corrected chi connectivity index (χ0v) is 13.6. The third kappa shape index (κ3) is 6.98. The van der Waals surface area contributed by atoms with E-state index in [9.17, 15) is 13.6 Å². The summed E-state index contributed by atoms with van der Waals surface area (Å²) in [6.07, 6.45) is 1.57. The molecule has 4 nitrogen and oxygen atoms in total. The summed E-state index contributed by atoms with van der Waals surface area (Å²) in [6, 6.07) is 4.84. The minimum atomic E-state index is -2.90. The van der Waals surface area contributed by atoms with Crippen molar-refractivity contribution in [1.29, 1.82) is 0 Å².